The SMILES string of the molecule is CC(C)(C)OC(=O)N1CCN(C(=O)OCc2ccccc2)[C@@H](C(=O)NCCCn2ccnc2C(N)=O)C1. The molecule has 1 aromatic carbocycles. The molecule has 0 spiro atoms. The van der Waals surface area contributed by atoms with Gasteiger partial charge < -0.3 is 30.0 Å². The van der Waals surface area contributed by atoms with Crippen molar-refractivity contribution in [3.05, 3.63) is 54.1 Å². The minimum absolute atomic E-state index is 0.0332. The minimum atomic E-state index is -0.959. The average Bonchev–Trinajstić information content (AvgIpc) is 3.33. The molecular weight excluding hydrogens is 480 g/mol. The predicted molar refractivity (Wildman–Crippen MR) is 133 cm³/mol. The second kappa shape index (κ2) is 12.2. The Balaban J connectivity index is 1.62. The Morgan fingerprint density at radius 2 is 1.84 bits per heavy atom. The van der Waals surface area contributed by atoms with Gasteiger partial charge in [-0.2, -0.15) is 0 Å². The monoisotopic (exact) mass is 514 g/mol. The molecule has 1 aromatic heterocycles. The molecule has 0 aliphatic carbocycles. The highest BCUT2D eigenvalue weighted by Gasteiger charge is 2.39. The Labute approximate surface area is 215 Å². The number of aryl methyl sites for hydroxylation is 1. The number of nitrogens with two attached hydrogens (primary N) is 1. The van der Waals surface area contributed by atoms with Gasteiger partial charge in [-0.3, -0.25) is 14.5 Å². The highest BCUT2D eigenvalue weighted by Crippen LogP contribution is 2.17. The largest absolute Gasteiger partial charge is 0.445 e. The van der Waals surface area contributed by atoms with Gasteiger partial charge in [0.25, 0.3) is 5.91 Å². The van der Waals surface area contributed by atoms with Crippen molar-refractivity contribution in [2.75, 3.05) is 26.2 Å². The number of benzene rings is 1. The molecule has 1 aliphatic heterocycles. The maximum absolute atomic E-state index is 13.1. The van der Waals surface area contributed by atoms with Crippen LogP contribution >= 0.6 is 0 Å². The van der Waals surface area contributed by atoms with Crippen LogP contribution in [0.4, 0.5) is 9.59 Å². The minimum Gasteiger partial charge on any atom is -0.445 e. The van der Waals surface area contributed by atoms with Gasteiger partial charge in [0.05, 0.1) is 6.54 Å². The lowest BCUT2D eigenvalue weighted by Crippen LogP contribution is -2.62. The second-order valence-corrected chi connectivity index (χ2v) is 9.63. The lowest BCUT2D eigenvalue weighted by atomic mass is 10.1. The van der Waals surface area contributed by atoms with Gasteiger partial charge in [-0.15, -0.1) is 0 Å². The Hall–Kier alpha value is -4.09. The predicted octanol–water partition coefficient (Wildman–Crippen LogP) is 1.75. The number of nitrogens with zero attached hydrogens (tertiary/aromatic N) is 4. The van der Waals surface area contributed by atoms with E-state index in [1.165, 1.54) is 16.0 Å². The summed E-state index contributed by atoms with van der Waals surface area (Å²) in [5.74, 6) is -0.923. The number of carbonyl (C=O) groups is 4. The van der Waals surface area contributed by atoms with Crippen LogP contribution in [-0.2, 0) is 27.4 Å². The normalized spacial score (nSPS) is 15.7. The Morgan fingerprint density at radius 3 is 2.51 bits per heavy atom. The molecule has 2 aromatic rings. The molecule has 1 atom stereocenters. The van der Waals surface area contributed by atoms with E-state index in [0.29, 0.717) is 13.0 Å². The topological polar surface area (TPSA) is 149 Å². The van der Waals surface area contributed by atoms with E-state index in [0.717, 1.165) is 5.56 Å². The third-order valence-electron chi connectivity index (χ3n) is 5.59. The van der Waals surface area contributed by atoms with E-state index in [1.807, 2.05) is 30.3 Å². The molecule has 12 nitrogen and oxygen atoms in total. The van der Waals surface area contributed by atoms with Crippen molar-refractivity contribution < 1.29 is 28.7 Å². The van der Waals surface area contributed by atoms with Gasteiger partial charge in [-0.25, -0.2) is 14.6 Å². The first-order chi connectivity index (χ1) is 17.5. The molecule has 0 unspecified atom stereocenters. The fourth-order valence-corrected chi connectivity index (χ4v) is 3.81. The van der Waals surface area contributed by atoms with Gasteiger partial charge in [0.2, 0.25) is 5.91 Å². The van der Waals surface area contributed by atoms with E-state index in [2.05, 4.69) is 10.3 Å². The zero-order valence-electron chi connectivity index (χ0n) is 21.4. The summed E-state index contributed by atoms with van der Waals surface area (Å²) >= 11 is 0. The highest BCUT2D eigenvalue weighted by molar-refractivity contribution is 5.89. The zero-order valence-corrected chi connectivity index (χ0v) is 21.4. The van der Waals surface area contributed by atoms with Crippen LogP contribution in [0.3, 0.4) is 0 Å². The molecule has 12 heteroatoms. The lowest BCUT2D eigenvalue weighted by molar-refractivity contribution is -0.128. The number of hydrogen-bond acceptors (Lipinski definition) is 7. The van der Waals surface area contributed by atoms with Gasteiger partial charge in [0, 0.05) is 38.6 Å². The first kappa shape index (κ1) is 27.5. The van der Waals surface area contributed by atoms with Crippen LogP contribution in [0.5, 0.6) is 0 Å². The summed E-state index contributed by atoms with van der Waals surface area (Å²) in [7, 11) is 0. The highest BCUT2D eigenvalue weighted by atomic mass is 16.6. The summed E-state index contributed by atoms with van der Waals surface area (Å²) in [6.45, 7) is 6.31. The fourth-order valence-electron chi connectivity index (χ4n) is 3.81. The van der Waals surface area contributed by atoms with Crippen molar-refractivity contribution in [2.24, 2.45) is 5.73 Å². The van der Waals surface area contributed by atoms with Crippen molar-refractivity contribution in [1.29, 1.82) is 0 Å². The number of carbonyl (C=O) groups excluding carboxylic acids is 4. The number of primary amides is 1. The van der Waals surface area contributed by atoms with Crippen LogP contribution in [0.25, 0.3) is 0 Å². The molecule has 1 fully saturated rings. The standard InChI is InChI=1S/C25H34N6O6/c1-25(2,3)37-23(34)30-14-15-31(24(35)36-17-18-8-5-4-6-9-18)19(16-30)22(33)28-10-7-12-29-13-11-27-21(29)20(26)32/h4-6,8-9,11,13,19H,7,10,12,14-17H2,1-3H3,(H2,26,32)(H,28,33)/t19-/m1/s1. The van der Waals surface area contributed by atoms with E-state index in [1.54, 1.807) is 31.5 Å². The summed E-state index contributed by atoms with van der Waals surface area (Å²) in [4.78, 5) is 56.8. The number of rotatable bonds is 8. The smallest absolute Gasteiger partial charge is 0.410 e. The molecule has 0 radical (unpaired) electrons. The second-order valence-electron chi connectivity index (χ2n) is 9.63. The molecule has 2 heterocycles. The molecule has 1 aliphatic rings. The first-order valence-corrected chi connectivity index (χ1v) is 12.1. The lowest BCUT2D eigenvalue weighted by Gasteiger charge is -2.40. The van der Waals surface area contributed by atoms with E-state index < -0.39 is 35.6 Å². The molecule has 0 bridgehead atoms. The van der Waals surface area contributed by atoms with Gasteiger partial charge in [0.15, 0.2) is 5.82 Å². The van der Waals surface area contributed by atoms with Crippen molar-refractivity contribution >= 4 is 24.0 Å². The van der Waals surface area contributed by atoms with Crippen LogP contribution in [0.2, 0.25) is 0 Å². The molecule has 37 heavy (non-hydrogen) atoms. The summed E-state index contributed by atoms with van der Waals surface area (Å²) < 4.78 is 12.5. The van der Waals surface area contributed by atoms with Gasteiger partial charge in [-0.05, 0) is 32.8 Å². The molecule has 4 amide bonds. The van der Waals surface area contributed by atoms with Gasteiger partial charge in [-0.1, -0.05) is 30.3 Å². The van der Waals surface area contributed by atoms with Crippen LogP contribution in [-0.4, -0.2) is 81.2 Å². The van der Waals surface area contributed by atoms with E-state index in [-0.39, 0.29) is 38.6 Å². The summed E-state index contributed by atoms with van der Waals surface area (Å²) in [6, 6.07) is 8.26. The van der Waals surface area contributed by atoms with Crippen LogP contribution in [0, 0.1) is 0 Å². The maximum atomic E-state index is 13.1. The Kier molecular flexibility index (Phi) is 9.10. The van der Waals surface area contributed by atoms with E-state index in [9.17, 15) is 19.2 Å². The summed E-state index contributed by atoms with van der Waals surface area (Å²) in [5.41, 5.74) is 5.43. The number of aromatic nitrogens is 2. The first-order valence-electron chi connectivity index (χ1n) is 12.1. The summed E-state index contributed by atoms with van der Waals surface area (Å²) in [5, 5.41) is 2.81. The molecule has 3 N–H and O–H groups in total. The summed E-state index contributed by atoms with van der Waals surface area (Å²) in [6.07, 6.45) is 2.40. The molecule has 3 rings (SSSR count). The van der Waals surface area contributed by atoms with Crippen LogP contribution in [0.1, 0.15) is 43.4 Å². The molecule has 0 saturated carbocycles. The Bertz CT molecular complexity index is 1100. The molecule has 200 valence electrons. The maximum Gasteiger partial charge on any atom is 0.410 e. The van der Waals surface area contributed by atoms with Crippen LogP contribution in [0.15, 0.2) is 42.7 Å². The fraction of sp³-hybridized carbons (Fsp3) is 0.480. The zero-order chi connectivity index (χ0) is 27.0. The third kappa shape index (κ3) is 7.95. The number of imidazole rings is 1. The molecular formula is C25H34N6O6. The van der Waals surface area contributed by atoms with Crippen molar-refractivity contribution in [3.8, 4) is 0 Å². The van der Waals surface area contributed by atoms with Gasteiger partial charge >= 0.3 is 12.2 Å². The number of nitrogens with one attached hydrogen (secondary N) is 1. The van der Waals surface area contributed by atoms with Crippen molar-refractivity contribution in [2.45, 2.75) is 52.0 Å². The molecule has 1 saturated heterocycles. The number of amides is 4. The van der Waals surface area contributed by atoms with Crippen LogP contribution < -0.4 is 11.1 Å². The van der Waals surface area contributed by atoms with Gasteiger partial charge in [0.1, 0.15) is 18.2 Å². The number of hydrogen-bond donors (Lipinski definition) is 2. The number of piperazine rings is 1. The quantitative estimate of drug-likeness (QED) is 0.510. The third-order valence-corrected chi connectivity index (χ3v) is 5.59. The average molecular weight is 515 g/mol. The van der Waals surface area contributed by atoms with E-state index >= 15 is 0 Å². The van der Waals surface area contributed by atoms with Crippen molar-refractivity contribution in [3.63, 3.8) is 0 Å². The van der Waals surface area contributed by atoms with Crippen molar-refractivity contribution in [1.82, 2.24) is 24.7 Å². The Morgan fingerprint density at radius 1 is 1.11 bits per heavy atom. The number of ether oxygens (including phenoxy) is 2. The van der Waals surface area contributed by atoms with E-state index in [4.69, 9.17) is 15.2 Å².